The maximum absolute atomic E-state index is 15.0. The summed E-state index contributed by atoms with van der Waals surface area (Å²) < 4.78 is 44.8. The minimum absolute atomic E-state index is 0.0390. The summed E-state index contributed by atoms with van der Waals surface area (Å²) in [7, 11) is -1.85. The van der Waals surface area contributed by atoms with Crippen LogP contribution in [0.5, 0.6) is 17.2 Å². The predicted molar refractivity (Wildman–Crippen MR) is 259 cm³/mol. The quantitative estimate of drug-likeness (QED) is 0.0581. The number of ether oxygens (including phenoxy) is 3. The summed E-state index contributed by atoms with van der Waals surface area (Å²) >= 11 is 0. The zero-order chi connectivity index (χ0) is 51.9. The number of aromatic nitrogens is 2. The first kappa shape index (κ1) is 53.9. The molecule has 1 aliphatic carbocycles. The summed E-state index contributed by atoms with van der Waals surface area (Å²) in [6, 6.07) is 12.3. The number of Topliss-reactive ketones (excluding diaryl/α,β-unsaturated/α-hetero) is 2. The molecule has 71 heavy (non-hydrogen) atoms. The van der Waals surface area contributed by atoms with Gasteiger partial charge in [-0.15, -0.1) is 0 Å². The van der Waals surface area contributed by atoms with Crippen molar-refractivity contribution in [3.63, 3.8) is 0 Å². The normalized spacial score (nSPS) is 19.0. The molecule has 22 heteroatoms. The predicted octanol–water partition coefficient (Wildman–Crippen LogP) is 1.48. The number of carboxylic acid groups (broad SMARTS) is 1. The molecule has 1 aromatic heterocycles. The van der Waals surface area contributed by atoms with Crippen molar-refractivity contribution in [2.45, 2.75) is 82.6 Å². The Labute approximate surface area is 411 Å². The number of hydrogen-bond acceptors (Lipinski definition) is 16. The minimum Gasteiger partial charge on any atom is -0.492 e. The first-order chi connectivity index (χ1) is 33.6. The smallest absolute Gasteiger partial charge is 0.326 e. The number of nitrogens with two attached hydrogens (primary N) is 3. The molecular weight excluding hydrogens is 941 g/mol. The maximum atomic E-state index is 15.0. The summed E-state index contributed by atoms with van der Waals surface area (Å²) in [5.74, 6) is -6.60. The average Bonchev–Trinajstić information content (AvgIpc) is 4.10. The number of aliphatic hydroxyl groups excluding tert-OH is 2. The average molecular weight is 1000 g/mol. The lowest BCUT2D eigenvalue weighted by Gasteiger charge is -2.32. The third-order valence-electron chi connectivity index (χ3n) is 12.8. The van der Waals surface area contributed by atoms with E-state index in [1.165, 1.54) is 51.0 Å². The topological polar surface area (TPSA) is 339 Å². The number of ketones is 2. The number of methoxy groups -OCH3 is 1. The van der Waals surface area contributed by atoms with Crippen molar-refractivity contribution in [2.24, 2.45) is 28.4 Å². The molecule has 0 saturated heterocycles. The molecule has 2 amide bonds. The lowest BCUT2D eigenvalue weighted by Crippen LogP contribution is -2.46. The Balaban J connectivity index is 1.46. The lowest BCUT2D eigenvalue weighted by molar-refractivity contribution is -0.143. The molecule has 382 valence electrons. The minimum atomic E-state index is -4.44. The molecule has 6 rings (SSSR count). The van der Waals surface area contributed by atoms with E-state index < -0.39 is 95.1 Å². The van der Waals surface area contributed by atoms with Crippen LogP contribution in [0.25, 0.3) is 22.5 Å². The maximum Gasteiger partial charge on any atom is 0.326 e. The van der Waals surface area contributed by atoms with Gasteiger partial charge in [0, 0.05) is 74.7 Å². The number of carbonyl (C=O) groups is 5. The molecule has 6 atom stereocenters. The van der Waals surface area contributed by atoms with E-state index in [0.29, 0.717) is 17.1 Å². The van der Waals surface area contributed by atoms with Gasteiger partial charge in [0.25, 0.3) is 10.2 Å². The molecule has 1 aliphatic heterocycles. The van der Waals surface area contributed by atoms with E-state index in [0.717, 1.165) is 23.3 Å². The molecule has 1 saturated carbocycles. The van der Waals surface area contributed by atoms with Crippen LogP contribution in [-0.2, 0) is 41.2 Å². The van der Waals surface area contributed by atoms with E-state index >= 15 is 0 Å². The molecule has 4 bridgehead atoms. The van der Waals surface area contributed by atoms with Crippen LogP contribution in [-0.4, -0.2) is 133 Å². The molecule has 11 N–H and O–H groups in total. The van der Waals surface area contributed by atoms with Crippen LogP contribution in [0.2, 0.25) is 0 Å². The number of rotatable bonds is 20. The number of fused-ring (bicyclic) bond motifs is 5. The molecule has 1 fully saturated rings. The van der Waals surface area contributed by atoms with Gasteiger partial charge in [0.05, 0.1) is 24.3 Å². The summed E-state index contributed by atoms with van der Waals surface area (Å²) in [5.41, 5.74) is 14.7. The van der Waals surface area contributed by atoms with Gasteiger partial charge in [0.15, 0.2) is 28.9 Å². The number of aliphatic carboxylic acids is 1. The van der Waals surface area contributed by atoms with Gasteiger partial charge in [-0.1, -0.05) is 44.2 Å². The second-order valence-electron chi connectivity index (χ2n) is 18.4. The summed E-state index contributed by atoms with van der Waals surface area (Å²) in [5, 5.41) is 38.9. The number of hydrogen-bond donors (Lipinski definition) is 8. The Morgan fingerprint density at radius 3 is 2.18 bits per heavy atom. The van der Waals surface area contributed by atoms with Gasteiger partial charge < -0.3 is 51.2 Å². The number of aryl methyl sites for hydroxylation is 1. The van der Waals surface area contributed by atoms with Gasteiger partial charge in [-0.3, -0.25) is 19.2 Å². The molecule has 4 aromatic rings. The van der Waals surface area contributed by atoms with Crippen LogP contribution >= 0.6 is 0 Å². The van der Waals surface area contributed by atoms with E-state index in [9.17, 15) is 47.7 Å². The van der Waals surface area contributed by atoms with Gasteiger partial charge in [0.2, 0.25) is 11.8 Å². The van der Waals surface area contributed by atoms with Crippen LogP contribution in [0, 0.1) is 18.8 Å². The van der Waals surface area contributed by atoms with E-state index in [4.69, 9.17) is 30.8 Å². The van der Waals surface area contributed by atoms with Crippen molar-refractivity contribution < 1.29 is 61.9 Å². The number of nitrogens with one attached hydrogen (secondary N) is 2. The molecule has 2 aliphatic rings. The van der Waals surface area contributed by atoms with Crippen LogP contribution in [0.1, 0.15) is 78.3 Å². The standard InChI is InChI=1S/C49H62N8O13S/c1-26-14-40(61)43(57(4)47(63)31(22-54-71(52,66)67)18-39(60)37-23-53-45(55-27(37)2)29-7-9-32(10-8-29)49(3)12-13-49)30-17-36(44(68-5)42(19-30)70-25-34(59)21-51)35-15-28(16-38(48(64)65)56-46(26)62)6-11-41(35)69-24-33(58)20-50/h6-11,15,17,19,23,26,31,33-34,38,43,54,58-59H,12-14,16,18,20-22,24-25,50-51H2,1-5H3,(H,56,62)(H,64,65)(H2,52,66,67)/t26-,31+,33-,34-,38+,43+/m1/s1. The number of nitrogens with zero attached hydrogens (tertiary/aromatic N) is 3. The van der Waals surface area contributed by atoms with Gasteiger partial charge >= 0.3 is 5.97 Å². The second-order valence-corrected chi connectivity index (χ2v) is 19.8. The second kappa shape index (κ2) is 22.8. The number of carboxylic acids is 1. The van der Waals surface area contributed by atoms with Crippen molar-refractivity contribution in [1.82, 2.24) is 24.9 Å². The monoisotopic (exact) mass is 1000 g/mol. The van der Waals surface area contributed by atoms with E-state index in [1.54, 1.807) is 19.1 Å². The van der Waals surface area contributed by atoms with Crippen molar-refractivity contribution in [1.29, 1.82) is 0 Å². The fraction of sp³-hybridized carbons (Fsp3) is 0.449. The van der Waals surface area contributed by atoms with Crippen molar-refractivity contribution in [2.75, 3.05) is 47.0 Å². The zero-order valence-electron chi connectivity index (χ0n) is 40.2. The molecule has 0 unspecified atom stereocenters. The number of carbonyl (C=O) groups excluding carboxylic acids is 4. The lowest BCUT2D eigenvalue weighted by atomic mass is 9.88. The van der Waals surface area contributed by atoms with Gasteiger partial charge in [-0.25, -0.2) is 24.6 Å². The van der Waals surface area contributed by atoms with Crippen LogP contribution < -0.4 is 40.9 Å². The van der Waals surface area contributed by atoms with E-state index in [2.05, 4.69) is 26.9 Å². The molecule has 21 nitrogen and oxygen atoms in total. The molecular formula is C49H62N8O13S. The summed E-state index contributed by atoms with van der Waals surface area (Å²) in [6.07, 6.45) is -0.110. The highest BCUT2D eigenvalue weighted by molar-refractivity contribution is 7.87. The first-order valence-electron chi connectivity index (χ1n) is 23.0. The van der Waals surface area contributed by atoms with E-state index in [-0.39, 0.29) is 77.6 Å². The Bertz CT molecular complexity index is 2750. The number of aliphatic hydroxyl groups is 2. The Morgan fingerprint density at radius 1 is 0.958 bits per heavy atom. The number of likely N-dealkylation sites (N-methyl/N-ethyl adjacent to an activating group) is 1. The van der Waals surface area contributed by atoms with Crippen molar-refractivity contribution >= 4 is 39.6 Å². The summed E-state index contributed by atoms with van der Waals surface area (Å²) in [4.78, 5) is 80.3. The van der Waals surface area contributed by atoms with Gasteiger partial charge in [0.1, 0.15) is 43.3 Å². The van der Waals surface area contributed by atoms with Crippen LogP contribution in [0.3, 0.4) is 0 Å². The van der Waals surface area contributed by atoms with Crippen LogP contribution in [0.4, 0.5) is 0 Å². The molecule has 0 spiro atoms. The Morgan fingerprint density at radius 2 is 1.61 bits per heavy atom. The highest BCUT2D eigenvalue weighted by Crippen LogP contribution is 2.48. The largest absolute Gasteiger partial charge is 0.492 e. The number of amides is 2. The SMILES string of the molecule is COc1c(OC[C@H](O)CN)cc2cc1-c1cc(ccc1OC[C@H](O)CN)C[C@@H](C(=O)O)NC(=O)[C@H](C)CC(=O)[C@H]2N(C)C(=O)[C@H](CNS(N)(=O)=O)CC(=O)c1cnc(-c2ccc(C3(C)CC3)cc2)nc1C. The molecule has 2 heterocycles. The summed E-state index contributed by atoms with van der Waals surface area (Å²) in [6.45, 7) is 3.53. The Hall–Kier alpha value is -6.40. The van der Waals surface area contributed by atoms with Crippen LogP contribution in [0.15, 0.2) is 60.8 Å². The third kappa shape index (κ3) is 13.3. The van der Waals surface area contributed by atoms with Crippen molar-refractivity contribution in [3.05, 3.63) is 88.7 Å². The first-order valence-corrected chi connectivity index (χ1v) is 24.6. The fourth-order valence-electron chi connectivity index (χ4n) is 8.32. The van der Waals surface area contributed by atoms with Gasteiger partial charge in [-0.2, -0.15) is 8.42 Å². The zero-order valence-corrected chi connectivity index (χ0v) is 41.0. The molecule has 3 aromatic carbocycles. The number of benzene rings is 3. The van der Waals surface area contributed by atoms with E-state index in [1.807, 2.05) is 24.3 Å². The third-order valence-corrected chi connectivity index (χ3v) is 13.4. The Kier molecular flexibility index (Phi) is 17.3. The fourth-order valence-corrected chi connectivity index (χ4v) is 8.75. The highest BCUT2D eigenvalue weighted by atomic mass is 32.2. The molecule has 0 radical (unpaired) electrons. The van der Waals surface area contributed by atoms with Gasteiger partial charge in [-0.05, 0) is 66.1 Å². The highest BCUT2D eigenvalue weighted by Gasteiger charge is 2.40. The van der Waals surface area contributed by atoms with Crippen molar-refractivity contribution in [3.8, 4) is 39.8 Å².